The van der Waals surface area contributed by atoms with E-state index in [1.807, 2.05) is 0 Å². The highest BCUT2D eigenvalue weighted by Gasteiger charge is 2.50. The molecule has 3 saturated heterocycles. The molecular weight excluding hydrogens is 386 g/mol. The molecule has 0 saturated carbocycles. The molecule has 1 atom stereocenters. The van der Waals surface area contributed by atoms with Crippen LogP contribution < -0.4 is 5.32 Å². The number of amides is 1. The summed E-state index contributed by atoms with van der Waals surface area (Å²) in [5.74, 6) is 0.121. The number of fused-ring (bicyclic) bond motifs is 2. The lowest BCUT2D eigenvalue weighted by Gasteiger charge is -2.38. The van der Waals surface area contributed by atoms with Crippen LogP contribution in [0, 0.1) is 5.41 Å². The minimum atomic E-state index is -3.60. The van der Waals surface area contributed by atoms with E-state index >= 15 is 0 Å². The Kier molecular flexibility index (Phi) is 4.01. The van der Waals surface area contributed by atoms with Gasteiger partial charge in [0.2, 0.25) is 15.9 Å². The van der Waals surface area contributed by atoms with Gasteiger partial charge in [-0.15, -0.1) is 0 Å². The van der Waals surface area contributed by atoms with Gasteiger partial charge in [0, 0.05) is 32.7 Å². The molecule has 3 aliphatic rings. The number of aromatic nitrogens is 2. The maximum Gasteiger partial charge on any atom is 0.245 e. The molecular formula is C17H21N5O3S2. The number of benzene rings is 1. The standard InChI is InChI=1S/C17H21N5O3S2/c23-16-13-10-17(11-21(13)9-6-18-16)4-7-22(8-5-17)27(24,25)14-3-1-2-12-15(14)20-26-19-12/h1-3,13H,4-11H2,(H,18,23). The number of carbonyl (C=O) groups is 1. The number of sulfonamides is 1. The zero-order valence-electron chi connectivity index (χ0n) is 14.8. The predicted octanol–water partition coefficient (Wildman–Crippen LogP) is 0.666. The summed E-state index contributed by atoms with van der Waals surface area (Å²) >= 11 is 1.03. The van der Waals surface area contributed by atoms with Gasteiger partial charge in [0.05, 0.1) is 17.8 Å². The van der Waals surface area contributed by atoms with Crippen LogP contribution in [0.1, 0.15) is 19.3 Å². The quantitative estimate of drug-likeness (QED) is 0.786. The molecule has 8 nitrogen and oxygen atoms in total. The van der Waals surface area contributed by atoms with Gasteiger partial charge in [0.25, 0.3) is 0 Å². The molecule has 4 heterocycles. The van der Waals surface area contributed by atoms with Crippen molar-refractivity contribution in [3.8, 4) is 0 Å². The van der Waals surface area contributed by atoms with Gasteiger partial charge in [-0.1, -0.05) is 6.07 Å². The summed E-state index contributed by atoms with van der Waals surface area (Å²) in [5.41, 5.74) is 1.12. The molecule has 1 aromatic heterocycles. The van der Waals surface area contributed by atoms with Gasteiger partial charge in [0.15, 0.2) is 0 Å². The second kappa shape index (κ2) is 6.20. The van der Waals surface area contributed by atoms with Gasteiger partial charge in [-0.2, -0.15) is 13.1 Å². The van der Waals surface area contributed by atoms with E-state index in [2.05, 4.69) is 19.0 Å². The molecule has 144 valence electrons. The maximum absolute atomic E-state index is 13.2. The van der Waals surface area contributed by atoms with Crippen molar-refractivity contribution in [1.82, 2.24) is 23.3 Å². The molecule has 3 aliphatic heterocycles. The summed E-state index contributed by atoms with van der Waals surface area (Å²) in [5, 5.41) is 2.95. The second-order valence-electron chi connectivity index (χ2n) is 7.77. The second-order valence-corrected chi connectivity index (χ2v) is 10.2. The van der Waals surface area contributed by atoms with E-state index < -0.39 is 10.0 Å². The van der Waals surface area contributed by atoms with Crippen molar-refractivity contribution in [3.05, 3.63) is 18.2 Å². The Morgan fingerprint density at radius 3 is 2.78 bits per heavy atom. The van der Waals surface area contributed by atoms with Crippen LogP contribution in [0.5, 0.6) is 0 Å². The maximum atomic E-state index is 13.2. The summed E-state index contributed by atoms with van der Waals surface area (Å²) in [4.78, 5) is 14.7. The van der Waals surface area contributed by atoms with Crippen LogP contribution in [0.15, 0.2) is 23.1 Å². The van der Waals surface area contributed by atoms with Gasteiger partial charge in [-0.25, -0.2) is 8.42 Å². The number of piperazine rings is 1. The fourth-order valence-electron chi connectivity index (χ4n) is 4.77. The lowest BCUT2D eigenvalue weighted by Crippen LogP contribution is -2.52. The zero-order valence-corrected chi connectivity index (χ0v) is 16.4. The Morgan fingerprint density at radius 1 is 1.19 bits per heavy atom. The molecule has 1 aromatic carbocycles. The first-order valence-electron chi connectivity index (χ1n) is 9.22. The number of piperidine rings is 1. The average molecular weight is 408 g/mol. The average Bonchev–Trinajstić information content (AvgIpc) is 3.27. The van der Waals surface area contributed by atoms with E-state index in [1.54, 1.807) is 22.5 Å². The minimum Gasteiger partial charge on any atom is -0.353 e. The molecule has 10 heteroatoms. The van der Waals surface area contributed by atoms with Crippen LogP contribution in [-0.4, -0.2) is 71.0 Å². The van der Waals surface area contributed by atoms with Gasteiger partial charge in [-0.05, 0) is 36.8 Å². The first kappa shape index (κ1) is 17.5. The fourth-order valence-corrected chi connectivity index (χ4v) is 6.96. The van der Waals surface area contributed by atoms with Crippen molar-refractivity contribution in [2.24, 2.45) is 5.41 Å². The third-order valence-electron chi connectivity index (χ3n) is 6.26. The molecule has 1 N–H and O–H groups in total. The highest BCUT2D eigenvalue weighted by Crippen LogP contribution is 2.44. The van der Waals surface area contributed by atoms with Crippen molar-refractivity contribution in [2.75, 3.05) is 32.7 Å². The molecule has 0 bridgehead atoms. The Labute approximate surface area is 161 Å². The van der Waals surface area contributed by atoms with Crippen LogP contribution in [-0.2, 0) is 14.8 Å². The molecule has 0 aliphatic carbocycles. The van der Waals surface area contributed by atoms with Crippen LogP contribution in [0.3, 0.4) is 0 Å². The molecule has 1 amide bonds. The van der Waals surface area contributed by atoms with E-state index in [0.29, 0.717) is 30.7 Å². The Balaban J connectivity index is 1.36. The summed E-state index contributed by atoms with van der Waals surface area (Å²) < 4.78 is 36.3. The summed E-state index contributed by atoms with van der Waals surface area (Å²) in [6, 6.07) is 5.07. The smallest absolute Gasteiger partial charge is 0.245 e. The monoisotopic (exact) mass is 407 g/mol. The minimum absolute atomic E-state index is 0.0447. The van der Waals surface area contributed by atoms with Gasteiger partial charge in [0.1, 0.15) is 15.9 Å². The van der Waals surface area contributed by atoms with E-state index in [0.717, 1.165) is 44.1 Å². The van der Waals surface area contributed by atoms with Gasteiger partial charge in [-0.3, -0.25) is 9.69 Å². The number of nitrogens with zero attached hydrogens (tertiary/aromatic N) is 4. The van der Waals surface area contributed by atoms with Crippen LogP contribution in [0.25, 0.3) is 11.0 Å². The molecule has 3 fully saturated rings. The van der Waals surface area contributed by atoms with Gasteiger partial charge < -0.3 is 5.32 Å². The third-order valence-corrected chi connectivity index (χ3v) is 8.73. The lowest BCUT2D eigenvalue weighted by atomic mass is 9.77. The Hall–Kier alpha value is -1.62. The molecule has 5 rings (SSSR count). The highest BCUT2D eigenvalue weighted by molar-refractivity contribution is 7.89. The number of rotatable bonds is 2. The number of nitrogens with one attached hydrogen (secondary N) is 1. The molecule has 1 unspecified atom stereocenters. The predicted molar refractivity (Wildman–Crippen MR) is 101 cm³/mol. The molecule has 27 heavy (non-hydrogen) atoms. The summed E-state index contributed by atoms with van der Waals surface area (Å²) in [7, 11) is -3.60. The lowest BCUT2D eigenvalue weighted by molar-refractivity contribution is -0.127. The summed E-state index contributed by atoms with van der Waals surface area (Å²) in [6.07, 6.45) is 2.41. The first-order chi connectivity index (χ1) is 13.0. The van der Waals surface area contributed by atoms with Crippen molar-refractivity contribution >= 4 is 38.7 Å². The van der Waals surface area contributed by atoms with E-state index in [1.165, 1.54) is 0 Å². The van der Waals surface area contributed by atoms with Crippen molar-refractivity contribution < 1.29 is 13.2 Å². The third kappa shape index (κ3) is 2.77. The van der Waals surface area contributed by atoms with Gasteiger partial charge >= 0.3 is 0 Å². The van der Waals surface area contributed by atoms with E-state index in [4.69, 9.17) is 0 Å². The van der Waals surface area contributed by atoms with Crippen molar-refractivity contribution in [3.63, 3.8) is 0 Å². The summed E-state index contributed by atoms with van der Waals surface area (Å²) in [6.45, 7) is 3.46. The largest absolute Gasteiger partial charge is 0.353 e. The Bertz CT molecular complexity index is 997. The van der Waals surface area contributed by atoms with E-state index in [-0.39, 0.29) is 22.3 Å². The zero-order chi connectivity index (χ0) is 18.6. The first-order valence-corrected chi connectivity index (χ1v) is 11.4. The number of carbonyl (C=O) groups excluding carboxylic acids is 1. The van der Waals surface area contributed by atoms with Crippen LogP contribution in [0.4, 0.5) is 0 Å². The SMILES string of the molecule is O=C1NCCN2CC3(CCN(S(=O)(=O)c4cccc5nsnc45)CC3)CC12. The van der Waals surface area contributed by atoms with Crippen LogP contribution >= 0.6 is 11.7 Å². The topological polar surface area (TPSA) is 95.5 Å². The van der Waals surface area contributed by atoms with Crippen LogP contribution in [0.2, 0.25) is 0 Å². The number of hydrogen-bond donors (Lipinski definition) is 1. The molecule has 2 aromatic rings. The van der Waals surface area contributed by atoms with Crippen molar-refractivity contribution in [1.29, 1.82) is 0 Å². The molecule has 1 spiro atoms. The fraction of sp³-hybridized carbons (Fsp3) is 0.588. The highest BCUT2D eigenvalue weighted by atomic mass is 32.2. The normalized spacial score (nSPS) is 26.4. The molecule has 0 radical (unpaired) electrons. The van der Waals surface area contributed by atoms with Crippen molar-refractivity contribution in [2.45, 2.75) is 30.2 Å². The number of hydrogen-bond acceptors (Lipinski definition) is 7. The Morgan fingerprint density at radius 2 is 2.00 bits per heavy atom. The van der Waals surface area contributed by atoms with E-state index in [9.17, 15) is 13.2 Å².